The van der Waals surface area contributed by atoms with E-state index in [1.807, 2.05) is 43.3 Å². The van der Waals surface area contributed by atoms with E-state index < -0.39 is 9.84 Å². The smallest absolute Gasteiger partial charge is 0.147 e. The summed E-state index contributed by atoms with van der Waals surface area (Å²) < 4.78 is 22.7. The Kier molecular flexibility index (Phi) is 4.73. The lowest BCUT2D eigenvalue weighted by atomic mass is 10.1. The Morgan fingerprint density at radius 1 is 1.20 bits per heavy atom. The zero-order chi connectivity index (χ0) is 14.6. The van der Waals surface area contributed by atoms with Crippen LogP contribution in [-0.2, 0) is 9.84 Å². The van der Waals surface area contributed by atoms with Crippen molar-refractivity contribution in [3.8, 4) is 0 Å². The minimum absolute atomic E-state index is 0.0284. The molecule has 0 amide bonds. The maximum Gasteiger partial charge on any atom is 0.147 e. The molecule has 2 aromatic rings. The average Bonchev–Trinajstić information content (AvgIpc) is 2.42. The summed E-state index contributed by atoms with van der Waals surface area (Å²) in [4.78, 5) is 4.64. The van der Waals surface area contributed by atoms with E-state index in [1.54, 1.807) is 0 Å². The fourth-order valence-electron chi connectivity index (χ4n) is 2.21. The van der Waals surface area contributed by atoms with E-state index in [0.29, 0.717) is 6.42 Å². The summed E-state index contributed by atoms with van der Waals surface area (Å²) in [5, 5.41) is 4.40. The molecule has 0 saturated heterocycles. The Hall–Kier alpha value is -1.46. The van der Waals surface area contributed by atoms with Gasteiger partial charge in [0.1, 0.15) is 9.84 Å². The van der Waals surface area contributed by atoms with Gasteiger partial charge in [-0.05, 0) is 25.1 Å². The minimum atomic E-state index is -2.96. The molecule has 0 bridgehead atoms. The highest BCUT2D eigenvalue weighted by Gasteiger charge is 2.15. The second-order valence-corrected chi connectivity index (χ2v) is 7.22. The molecule has 20 heavy (non-hydrogen) atoms. The summed E-state index contributed by atoms with van der Waals surface area (Å²) >= 11 is 0. The molecule has 1 N–H and O–H groups in total. The Morgan fingerprint density at radius 2 is 1.95 bits per heavy atom. The molecule has 0 radical (unpaired) electrons. The van der Waals surface area contributed by atoms with Gasteiger partial charge in [-0.1, -0.05) is 31.2 Å². The summed E-state index contributed by atoms with van der Waals surface area (Å²) in [6.45, 7) is 2.79. The quantitative estimate of drug-likeness (QED) is 0.887. The molecule has 2 rings (SSSR count). The van der Waals surface area contributed by atoms with Crippen LogP contribution in [0.1, 0.15) is 25.1 Å². The lowest BCUT2D eigenvalue weighted by Crippen LogP contribution is -2.24. The third-order valence-corrected chi connectivity index (χ3v) is 4.18. The van der Waals surface area contributed by atoms with Gasteiger partial charge in [0.15, 0.2) is 0 Å². The van der Waals surface area contributed by atoms with Crippen LogP contribution in [0.15, 0.2) is 36.4 Å². The lowest BCUT2D eigenvalue weighted by Gasteiger charge is -2.17. The van der Waals surface area contributed by atoms with Crippen molar-refractivity contribution in [3.05, 3.63) is 42.1 Å². The van der Waals surface area contributed by atoms with Crippen molar-refractivity contribution in [2.75, 3.05) is 18.6 Å². The van der Waals surface area contributed by atoms with E-state index in [1.165, 1.54) is 6.26 Å². The maximum absolute atomic E-state index is 11.3. The molecule has 0 aliphatic rings. The lowest BCUT2D eigenvalue weighted by molar-refractivity contribution is 0.520. The number of sulfone groups is 1. The normalized spacial score (nSPS) is 13.5. The Balaban J connectivity index is 2.26. The number of fused-ring (bicyclic) bond motifs is 1. The SMILES string of the molecule is CCNC(CCS(C)(=O)=O)c1ccc2ccccc2n1. The standard InChI is InChI=1S/C15H20N2O2S/c1-3-16-14(10-11-20(2,18)19)15-9-8-12-6-4-5-7-13(12)17-15/h4-9,14,16H,3,10-11H2,1-2H3. The van der Waals surface area contributed by atoms with E-state index in [2.05, 4.69) is 10.3 Å². The minimum Gasteiger partial charge on any atom is -0.309 e. The van der Waals surface area contributed by atoms with Crippen molar-refractivity contribution in [1.82, 2.24) is 10.3 Å². The van der Waals surface area contributed by atoms with Crippen LogP contribution < -0.4 is 5.32 Å². The molecule has 0 aliphatic heterocycles. The third-order valence-electron chi connectivity index (χ3n) is 3.20. The molecule has 1 unspecified atom stereocenters. The first-order valence-electron chi connectivity index (χ1n) is 6.76. The molecule has 4 nitrogen and oxygen atoms in total. The van der Waals surface area contributed by atoms with E-state index >= 15 is 0 Å². The Bertz CT molecular complexity index is 683. The molecule has 108 valence electrons. The highest BCUT2D eigenvalue weighted by Crippen LogP contribution is 2.19. The van der Waals surface area contributed by atoms with E-state index in [4.69, 9.17) is 0 Å². The second-order valence-electron chi connectivity index (χ2n) is 4.96. The number of nitrogens with one attached hydrogen (secondary N) is 1. The first-order chi connectivity index (χ1) is 9.49. The van der Waals surface area contributed by atoms with Crippen LogP contribution in [-0.4, -0.2) is 32.0 Å². The monoisotopic (exact) mass is 292 g/mol. The van der Waals surface area contributed by atoms with Crippen LogP contribution >= 0.6 is 0 Å². The zero-order valence-corrected chi connectivity index (χ0v) is 12.7. The third kappa shape index (κ3) is 4.02. The molecule has 1 aromatic carbocycles. The molecular weight excluding hydrogens is 272 g/mol. The van der Waals surface area contributed by atoms with Gasteiger partial charge in [-0.3, -0.25) is 4.98 Å². The van der Waals surface area contributed by atoms with Crippen molar-refractivity contribution < 1.29 is 8.42 Å². The molecule has 1 heterocycles. The van der Waals surface area contributed by atoms with Crippen molar-refractivity contribution in [2.24, 2.45) is 0 Å². The number of pyridine rings is 1. The molecule has 0 fully saturated rings. The molecule has 0 aliphatic carbocycles. The second kappa shape index (κ2) is 6.33. The molecular formula is C15H20N2O2S. The van der Waals surface area contributed by atoms with Gasteiger partial charge in [0.2, 0.25) is 0 Å². The molecule has 0 saturated carbocycles. The number of hydrogen-bond acceptors (Lipinski definition) is 4. The summed E-state index contributed by atoms with van der Waals surface area (Å²) in [6, 6.07) is 11.9. The highest BCUT2D eigenvalue weighted by atomic mass is 32.2. The van der Waals surface area contributed by atoms with E-state index in [9.17, 15) is 8.42 Å². The van der Waals surface area contributed by atoms with Crippen LogP contribution in [0.25, 0.3) is 10.9 Å². The van der Waals surface area contributed by atoms with Crippen LogP contribution in [0.4, 0.5) is 0 Å². The van der Waals surface area contributed by atoms with Crippen LogP contribution in [0.2, 0.25) is 0 Å². The first kappa shape index (κ1) is 14.9. The largest absolute Gasteiger partial charge is 0.309 e. The Morgan fingerprint density at radius 3 is 2.65 bits per heavy atom. The first-order valence-corrected chi connectivity index (χ1v) is 8.82. The van der Waals surface area contributed by atoms with Gasteiger partial charge in [-0.2, -0.15) is 0 Å². The molecule has 1 atom stereocenters. The predicted molar refractivity (Wildman–Crippen MR) is 82.5 cm³/mol. The fraction of sp³-hybridized carbons (Fsp3) is 0.400. The number of hydrogen-bond donors (Lipinski definition) is 1. The van der Waals surface area contributed by atoms with Crippen molar-refractivity contribution in [2.45, 2.75) is 19.4 Å². The van der Waals surface area contributed by atoms with Gasteiger partial charge < -0.3 is 5.32 Å². The average molecular weight is 292 g/mol. The highest BCUT2D eigenvalue weighted by molar-refractivity contribution is 7.90. The van der Waals surface area contributed by atoms with Gasteiger partial charge in [-0.25, -0.2) is 8.42 Å². The molecule has 1 aromatic heterocycles. The van der Waals surface area contributed by atoms with Gasteiger partial charge in [-0.15, -0.1) is 0 Å². The van der Waals surface area contributed by atoms with Crippen molar-refractivity contribution >= 4 is 20.7 Å². The van der Waals surface area contributed by atoms with Crippen molar-refractivity contribution in [3.63, 3.8) is 0 Å². The number of aromatic nitrogens is 1. The Labute approximate surface area is 120 Å². The zero-order valence-electron chi connectivity index (χ0n) is 11.8. The van der Waals surface area contributed by atoms with Gasteiger partial charge in [0, 0.05) is 11.6 Å². The number of benzene rings is 1. The topological polar surface area (TPSA) is 59.1 Å². The predicted octanol–water partition coefficient (Wildman–Crippen LogP) is 2.32. The number of para-hydroxylation sites is 1. The van der Waals surface area contributed by atoms with Gasteiger partial charge >= 0.3 is 0 Å². The van der Waals surface area contributed by atoms with Crippen LogP contribution in [0.3, 0.4) is 0 Å². The number of rotatable bonds is 6. The maximum atomic E-state index is 11.3. The van der Waals surface area contributed by atoms with Crippen LogP contribution in [0.5, 0.6) is 0 Å². The molecule has 0 spiro atoms. The van der Waals surface area contributed by atoms with Crippen LogP contribution in [0, 0.1) is 0 Å². The van der Waals surface area contributed by atoms with E-state index in [-0.39, 0.29) is 11.8 Å². The number of nitrogens with zero attached hydrogens (tertiary/aromatic N) is 1. The molecule has 5 heteroatoms. The van der Waals surface area contributed by atoms with Gasteiger partial charge in [0.05, 0.1) is 23.0 Å². The summed E-state index contributed by atoms with van der Waals surface area (Å²) in [7, 11) is -2.96. The summed E-state index contributed by atoms with van der Waals surface area (Å²) in [6.07, 6.45) is 1.81. The summed E-state index contributed by atoms with van der Waals surface area (Å²) in [5.41, 5.74) is 1.83. The fourth-order valence-corrected chi connectivity index (χ4v) is 2.87. The van der Waals surface area contributed by atoms with E-state index in [0.717, 1.165) is 23.1 Å². The summed E-state index contributed by atoms with van der Waals surface area (Å²) in [5.74, 6) is 0.166. The van der Waals surface area contributed by atoms with Gasteiger partial charge in [0.25, 0.3) is 0 Å². The van der Waals surface area contributed by atoms with Crippen molar-refractivity contribution in [1.29, 1.82) is 0 Å².